The molecule has 1 nitrogen and oxygen atoms in total. The van der Waals surface area contributed by atoms with Crippen LogP contribution in [0.15, 0.2) is 28.8 Å². The van der Waals surface area contributed by atoms with Crippen LogP contribution < -0.4 is 4.74 Å². The van der Waals surface area contributed by atoms with E-state index in [-0.39, 0.29) is 17.1 Å². The van der Waals surface area contributed by atoms with Gasteiger partial charge in [-0.25, -0.2) is 8.78 Å². The van der Waals surface area contributed by atoms with Gasteiger partial charge in [-0.1, -0.05) is 0 Å². The van der Waals surface area contributed by atoms with E-state index in [0.717, 1.165) is 5.57 Å². The Kier molecular flexibility index (Phi) is 2.69. The number of benzene rings is 1. The molecular formula is C15H13F3O. The summed E-state index contributed by atoms with van der Waals surface area (Å²) in [4.78, 5) is 0. The van der Waals surface area contributed by atoms with Crippen LogP contribution in [0.3, 0.4) is 0 Å². The lowest BCUT2D eigenvalue weighted by atomic mass is 9.89. The van der Waals surface area contributed by atoms with Crippen molar-refractivity contribution in [2.75, 3.05) is 0 Å². The van der Waals surface area contributed by atoms with Gasteiger partial charge in [-0.2, -0.15) is 4.39 Å². The molecule has 0 saturated heterocycles. The van der Waals surface area contributed by atoms with Crippen molar-refractivity contribution in [3.63, 3.8) is 0 Å². The summed E-state index contributed by atoms with van der Waals surface area (Å²) in [7, 11) is 0. The summed E-state index contributed by atoms with van der Waals surface area (Å²) in [5.74, 6) is -2.49. The Hall–Kier alpha value is -1.71. The van der Waals surface area contributed by atoms with E-state index in [1.807, 2.05) is 0 Å². The predicted octanol–water partition coefficient (Wildman–Crippen LogP) is 4.50. The van der Waals surface area contributed by atoms with Crippen molar-refractivity contribution in [2.45, 2.75) is 33.1 Å². The Morgan fingerprint density at radius 3 is 2.53 bits per heavy atom. The van der Waals surface area contributed by atoms with E-state index < -0.39 is 17.5 Å². The van der Waals surface area contributed by atoms with Gasteiger partial charge in [-0.3, -0.25) is 0 Å². The number of halogens is 3. The smallest absolute Gasteiger partial charge is 0.201 e. The number of fused-ring (bicyclic) bond motifs is 1. The van der Waals surface area contributed by atoms with E-state index in [2.05, 4.69) is 0 Å². The quantitative estimate of drug-likeness (QED) is 0.671. The summed E-state index contributed by atoms with van der Waals surface area (Å²) in [6, 6.07) is 1.57. The highest BCUT2D eigenvalue weighted by molar-refractivity contribution is 5.50. The molecule has 0 spiro atoms. The first-order valence-corrected chi connectivity index (χ1v) is 6.22. The maximum atomic E-state index is 14.0. The maximum absolute atomic E-state index is 14.0. The zero-order valence-electron chi connectivity index (χ0n) is 10.7. The second-order valence-electron chi connectivity index (χ2n) is 5.12. The fourth-order valence-electron chi connectivity index (χ4n) is 2.57. The third-order valence-corrected chi connectivity index (χ3v) is 3.73. The lowest BCUT2D eigenvalue weighted by Gasteiger charge is -2.27. The van der Waals surface area contributed by atoms with Crippen LogP contribution in [0.25, 0.3) is 0 Å². The van der Waals surface area contributed by atoms with Gasteiger partial charge in [0.05, 0.1) is 0 Å². The molecule has 2 aliphatic rings. The van der Waals surface area contributed by atoms with Crippen LogP contribution in [-0.2, 0) is 6.42 Å². The first-order valence-electron chi connectivity index (χ1n) is 6.22. The van der Waals surface area contributed by atoms with Gasteiger partial charge in [0.2, 0.25) is 5.82 Å². The normalized spacial score (nSPS) is 18.2. The van der Waals surface area contributed by atoms with Crippen LogP contribution in [0.1, 0.15) is 30.9 Å². The van der Waals surface area contributed by atoms with E-state index >= 15 is 0 Å². The van der Waals surface area contributed by atoms with E-state index in [0.29, 0.717) is 30.4 Å². The summed E-state index contributed by atoms with van der Waals surface area (Å²) < 4.78 is 46.7. The van der Waals surface area contributed by atoms with E-state index in [1.165, 1.54) is 6.92 Å². The number of hydrogen-bond donors (Lipinski definition) is 0. The number of hydrogen-bond acceptors (Lipinski definition) is 1. The fraction of sp³-hybridized carbons (Fsp3) is 0.333. The van der Waals surface area contributed by atoms with Gasteiger partial charge in [-0.05, 0) is 49.5 Å². The third-order valence-electron chi connectivity index (χ3n) is 3.73. The molecule has 0 aromatic heterocycles. The summed E-state index contributed by atoms with van der Waals surface area (Å²) in [6.07, 6.45) is 1.77. The lowest BCUT2D eigenvalue weighted by Crippen LogP contribution is -2.17. The molecule has 1 heterocycles. The van der Waals surface area contributed by atoms with Crippen molar-refractivity contribution in [2.24, 2.45) is 0 Å². The maximum Gasteiger partial charge on any atom is 0.201 e. The molecule has 0 fully saturated rings. The van der Waals surface area contributed by atoms with Crippen LogP contribution >= 0.6 is 0 Å². The standard InChI is InChI=1S/C15H13F3O/c1-7-3-4-9-6-10-5-8(2)11(16)13(18)15(10)19-14(9)12(7)17/h5H,3-4,6H2,1-2H3. The number of rotatable bonds is 0. The highest BCUT2D eigenvalue weighted by Crippen LogP contribution is 2.42. The Balaban J connectivity index is 2.13. The van der Waals surface area contributed by atoms with Crippen molar-refractivity contribution in [3.05, 3.63) is 51.6 Å². The third kappa shape index (κ3) is 1.78. The fourth-order valence-corrected chi connectivity index (χ4v) is 2.57. The minimum Gasteiger partial charge on any atom is -0.451 e. The van der Waals surface area contributed by atoms with E-state index in [1.54, 1.807) is 13.0 Å². The second-order valence-corrected chi connectivity index (χ2v) is 5.12. The molecule has 1 aromatic carbocycles. The van der Waals surface area contributed by atoms with Crippen molar-refractivity contribution in [1.82, 2.24) is 0 Å². The molecule has 0 bridgehead atoms. The minimum atomic E-state index is -1.03. The summed E-state index contributed by atoms with van der Waals surface area (Å²) in [5, 5.41) is 0. The van der Waals surface area contributed by atoms with Crippen LogP contribution in [0.4, 0.5) is 13.2 Å². The molecule has 4 heteroatoms. The Morgan fingerprint density at radius 2 is 1.79 bits per heavy atom. The predicted molar refractivity (Wildman–Crippen MR) is 65.5 cm³/mol. The molecule has 0 radical (unpaired) electrons. The zero-order valence-corrected chi connectivity index (χ0v) is 10.7. The SMILES string of the molecule is CC1=C(F)C2=C(CC1)Cc1cc(C)c(F)c(F)c1O2. The van der Waals surface area contributed by atoms with E-state index in [4.69, 9.17) is 4.74 Å². The van der Waals surface area contributed by atoms with Crippen LogP contribution in [0, 0.1) is 18.6 Å². The van der Waals surface area contributed by atoms with Gasteiger partial charge < -0.3 is 4.74 Å². The average molecular weight is 266 g/mol. The first-order chi connectivity index (χ1) is 8.99. The molecular weight excluding hydrogens is 253 g/mol. The zero-order chi connectivity index (χ0) is 13.7. The Bertz CT molecular complexity index is 641. The minimum absolute atomic E-state index is 0.0819. The Morgan fingerprint density at radius 1 is 1.05 bits per heavy atom. The first kappa shape index (κ1) is 12.3. The highest BCUT2D eigenvalue weighted by Gasteiger charge is 2.30. The van der Waals surface area contributed by atoms with Gasteiger partial charge in [-0.15, -0.1) is 0 Å². The van der Waals surface area contributed by atoms with E-state index in [9.17, 15) is 13.2 Å². The molecule has 3 rings (SSSR count). The van der Waals surface area contributed by atoms with Gasteiger partial charge in [0.1, 0.15) is 0 Å². The van der Waals surface area contributed by atoms with Gasteiger partial charge in [0, 0.05) is 12.0 Å². The van der Waals surface area contributed by atoms with Crippen LogP contribution in [-0.4, -0.2) is 0 Å². The monoisotopic (exact) mass is 266 g/mol. The van der Waals surface area contributed by atoms with Gasteiger partial charge in [0.15, 0.2) is 23.2 Å². The summed E-state index contributed by atoms with van der Waals surface area (Å²) in [5.41, 5.74) is 2.24. The highest BCUT2D eigenvalue weighted by atomic mass is 19.2. The van der Waals surface area contributed by atoms with Crippen molar-refractivity contribution >= 4 is 0 Å². The molecule has 19 heavy (non-hydrogen) atoms. The molecule has 100 valence electrons. The molecule has 0 saturated carbocycles. The van der Waals surface area contributed by atoms with Crippen molar-refractivity contribution in [3.8, 4) is 5.75 Å². The molecule has 0 atom stereocenters. The summed E-state index contributed by atoms with van der Waals surface area (Å²) in [6.45, 7) is 3.19. The molecule has 0 unspecified atom stereocenters. The van der Waals surface area contributed by atoms with Crippen molar-refractivity contribution in [1.29, 1.82) is 0 Å². The number of aryl methyl sites for hydroxylation is 1. The lowest BCUT2D eigenvalue weighted by molar-refractivity contribution is 0.339. The topological polar surface area (TPSA) is 9.23 Å². The van der Waals surface area contributed by atoms with Crippen LogP contribution in [0.5, 0.6) is 5.75 Å². The molecule has 0 N–H and O–H groups in total. The molecule has 1 aliphatic heterocycles. The Labute approximate surface area is 109 Å². The van der Waals surface area contributed by atoms with Crippen LogP contribution in [0.2, 0.25) is 0 Å². The average Bonchev–Trinajstić information content (AvgIpc) is 2.39. The molecule has 1 aromatic rings. The van der Waals surface area contributed by atoms with Crippen molar-refractivity contribution < 1.29 is 17.9 Å². The number of allylic oxidation sites excluding steroid dienone is 3. The largest absolute Gasteiger partial charge is 0.451 e. The molecule has 0 amide bonds. The molecule has 1 aliphatic carbocycles. The van der Waals surface area contributed by atoms with Gasteiger partial charge in [0.25, 0.3) is 0 Å². The van der Waals surface area contributed by atoms with Gasteiger partial charge >= 0.3 is 0 Å². The number of ether oxygens (including phenoxy) is 1. The second kappa shape index (κ2) is 4.15. The summed E-state index contributed by atoms with van der Waals surface area (Å²) >= 11 is 0.